The fourth-order valence-corrected chi connectivity index (χ4v) is 3.76. The summed E-state index contributed by atoms with van der Waals surface area (Å²) in [6, 6.07) is 7.85. The number of fused-ring (bicyclic) bond motifs is 1. The molecule has 1 amide bonds. The minimum atomic E-state index is -0.700. The van der Waals surface area contributed by atoms with Crippen LogP contribution >= 0.6 is 0 Å². The Morgan fingerprint density at radius 2 is 2.13 bits per heavy atom. The van der Waals surface area contributed by atoms with E-state index < -0.39 is 11.9 Å². The number of nitrogen functional groups attached to an aromatic ring is 1. The summed E-state index contributed by atoms with van der Waals surface area (Å²) in [7, 11) is 1.33. The molecular formula is C22H22FN5O3. The van der Waals surface area contributed by atoms with Crippen molar-refractivity contribution in [1.82, 2.24) is 14.9 Å². The Bertz CT molecular complexity index is 1180. The van der Waals surface area contributed by atoms with Crippen LogP contribution in [0.2, 0.25) is 0 Å². The highest BCUT2D eigenvalue weighted by molar-refractivity contribution is 6.12. The molecule has 0 unspecified atom stereocenters. The van der Waals surface area contributed by atoms with Crippen molar-refractivity contribution in [3.05, 3.63) is 64.5 Å². The molecular weight excluding hydrogens is 401 g/mol. The molecule has 0 fully saturated rings. The number of anilines is 1. The molecule has 0 spiro atoms. The van der Waals surface area contributed by atoms with Crippen LogP contribution in [0.5, 0.6) is 5.75 Å². The zero-order valence-corrected chi connectivity index (χ0v) is 17.1. The van der Waals surface area contributed by atoms with Crippen LogP contribution in [0, 0.1) is 11.2 Å². The van der Waals surface area contributed by atoms with E-state index in [0.717, 1.165) is 11.3 Å². The van der Waals surface area contributed by atoms with Crippen LogP contribution in [0.15, 0.2) is 30.3 Å². The van der Waals surface area contributed by atoms with Crippen LogP contribution < -0.4 is 5.73 Å². The van der Waals surface area contributed by atoms with Crippen LogP contribution in [-0.2, 0) is 24.2 Å². The van der Waals surface area contributed by atoms with Gasteiger partial charge in [0.1, 0.15) is 5.71 Å². The lowest BCUT2D eigenvalue weighted by molar-refractivity contribution is 0.122. The summed E-state index contributed by atoms with van der Waals surface area (Å²) < 4.78 is 18.7. The van der Waals surface area contributed by atoms with Gasteiger partial charge in [-0.3, -0.25) is 10.3 Å². The third kappa shape index (κ3) is 3.58. The first kappa shape index (κ1) is 20.4. The summed E-state index contributed by atoms with van der Waals surface area (Å²) >= 11 is 0. The standard InChI is InChI=1S/C22H22FN5O3/c1-3-11-7-19(29)15(23)8-14(11)12-4-5-13(16(24)6-12)20(25)21-26-17-9-28(22(30)31-2)10-18(17)27-21/h4-8,25,29H,3,9-10,24H2,1-2H3,(H,26,27). The van der Waals surface area contributed by atoms with Crippen molar-refractivity contribution in [3.63, 3.8) is 0 Å². The Balaban J connectivity index is 1.61. The first-order chi connectivity index (χ1) is 14.8. The number of nitrogens with two attached hydrogens (primary N) is 1. The average molecular weight is 423 g/mol. The van der Waals surface area contributed by atoms with E-state index in [1.807, 2.05) is 6.92 Å². The number of H-pyrrole nitrogens is 1. The number of hydrogen-bond donors (Lipinski definition) is 4. The molecule has 0 radical (unpaired) electrons. The van der Waals surface area contributed by atoms with E-state index in [4.69, 9.17) is 15.9 Å². The lowest BCUT2D eigenvalue weighted by atomic mass is 9.95. The highest BCUT2D eigenvalue weighted by atomic mass is 19.1. The summed E-state index contributed by atoms with van der Waals surface area (Å²) in [4.78, 5) is 20.7. The fourth-order valence-electron chi connectivity index (χ4n) is 3.76. The maximum Gasteiger partial charge on any atom is 0.410 e. The SMILES string of the molecule is CCc1cc(O)c(F)cc1-c1ccc(C(=N)c2nc3c([nH]2)CN(C(=O)OC)C3)c(N)c1. The van der Waals surface area contributed by atoms with Crippen LogP contribution in [0.25, 0.3) is 11.1 Å². The van der Waals surface area contributed by atoms with Gasteiger partial charge in [-0.2, -0.15) is 0 Å². The van der Waals surface area contributed by atoms with Gasteiger partial charge in [0, 0.05) is 11.3 Å². The quantitative estimate of drug-likeness (QED) is 0.377. The second kappa shape index (κ2) is 7.75. The molecule has 0 saturated carbocycles. The highest BCUT2D eigenvalue weighted by Crippen LogP contribution is 2.32. The Morgan fingerprint density at radius 1 is 1.35 bits per heavy atom. The minimum Gasteiger partial charge on any atom is -0.505 e. The summed E-state index contributed by atoms with van der Waals surface area (Å²) in [6.07, 6.45) is 0.182. The molecule has 2 heterocycles. The second-order valence-corrected chi connectivity index (χ2v) is 7.33. The molecule has 2 aromatic carbocycles. The monoisotopic (exact) mass is 423 g/mol. The third-order valence-corrected chi connectivity index (χ3v) is 5.41. The minimum absolute atomic E-state index is 0.121. The molecule has 0 bridgehead atoms. The number of methoxy groups -OCH3 is 1. The van der Waals surface area contributed by atoms with Gasteiger partial charge in [-0.15, -0.1) is 0 Å². The van der Waals surface area contributed by atoms with E-state index in [1.165, 1.54) is 24.1 Å². The van der Waals surface area contributed by atoms with Gasteiger partial charge in [-0.25, -0.2) is 14.2 Å². The zero-order chi connectivity index (χ0) is 22.3. The molecule has 0 saturated heterocycles. The molecule has 1 aliphatic heterocycles. The Morgan fingerprint density at radius 3 is 2.77 bits per heavy atom. The fraction of sp³-hybridized carbons (Fsp3) is 0.227. The molecule has 5 N–H and O–H groups in total. The van der Waals surface area contributed by atoms with Crippen LogP contribution in [0.1, 0.15) is 35.3 Å². The van der Waals surface area contributed by atoms with Gasteiger partial charge in [0.25, 0.3) is 0 Å². The number of aromatic amines is 1. The van der Waals surface area contributed by atoms with E-state index in [1.54, 1.807) is 18.2 Å². The average Bonchev–Trinajstić information content (AvgIpc) is 3.33. The van der Waals surface area contributed by atoms with Crippen LogP contribution in [0.4, 0.5) is 14.9 Å². The van der Waals surface area contributed by atoms with Gasteiger partial charge in [0.05, 0.1) is 31.6 Å². The van der Waals surface area contributed by atoms with Crippen molar-refractivity contribution in [2.24, 2.45) is 0 Å². The van der Waals surface area contributed by atoms with Crippen molar-refractivity contribution in [3.8, 4) is 16.9 Å². The van der Waals surface area contributed by atoms with E-state index in [9.17, 15) is 14.3 Å². The first-order valence-corrected chi connectivity index (χ1v) is 9.73. The summed E-state index contributed by atoms with van der Waals surface area (Å²) in [5.74, 6) is -0.726. The molecule has 1 aromatic heterocycles. The maximum atomic E-state index is 13.9. The normalized spacial score (nSPS) is 12.7. The number of amides is 1. The van der Waals surface area contributed by atoms with E-state index in [0.29, 0.717) is 53.4 Å². The molecule has 4 rings (SSSR count). The van der Waals surface area contributed by atoms with E-state index >= 15 is 0 Å². The summed E-state index contributed by atoms with van der Waals surface area (Å²) in [6.45, 7) is 2.57. The highest BCUT2D eigenvalue weighted by Gasteiger charge is 2.28. The Hall–Kier alpha value is -3.88. The number of imidazole rings is 1. The van der Waals surface area contributed by atoms with Gasteiger partial charge >= 0.3 is 6.09 Å². The van der Waals surface area contributed by atoms with Gasteiger partial charge in [-0.1, -0.05) is 19.1 Å². The number of carbonyl (C=O) groups excluding carboxylic acids is 1. The largest absolute Gasteiger partial charge is 0.505 e. The topological polar surface area (TPSA) is 128 Å². The number of benzene rings is 2. The number of aromatic nitrogens is 2. The number of ether oxygens (including phenoxy) is 1. The maximum absolute atomic E-state index is 13.9. The molecule has 1 aliphatic rings. The molecule has 9 heteroatoms. The van der Waals surface area contributed by atoms with Crippen molar-refractivity contribution in [2.45, 2.75) is 26.4 Å². The molecule has 3 aromatic rings. The number of aryl methyl sites for hydroxylation is 1. The predicted octanol–water partition coefficient (Wildman–Crippen LogP) is 3.56. The van der Waals surface area contributed by atoms with Crippen molar-refractivity contribution in [2.75, 3.05) is 12.8 Å². The molecule has 8 nitrogen and oxygen atoms in total. The van der Waals surface area contributed by atoms with Crippen molar-refractivity contribution in [1.29, 1.82) is 5.41 Å². The lowest BCUT2D eigenvalue weighted by Gasteiger charge is -2.14. The number of carbonyl (C=O) groups is 1. The number of phenols is 1. The predicted molar refractivity (Wildman–Crippen MR) is 113 cm³/mol. The number of hydrogen-bond acceptors (Lipinski definition) is 6. The van der Waals surface area contributed by atoms with Crippen molar-refractivity contribution >= 4 is 17.5 Å². The molecule has 0 atom stereocenters. The molecule has 160 valence electrons. The number of nitrogens with one attached hydrogen (secondary N) is 2. The van der Waals surface area contributed by atoms with Crippen LogP contribution in [0.3, 0.4) is 0 Å². The number of phenolic OH excluding ortho intramolecular Hbond substituents is 1. The zero-order valence-electron chi connectivity index (χ0n) is 17.1. The smallest absolute Gasteiger partial charge is 0.410 e. The second-order valence-electron chi connectivity index (χ2n) is 7.33. The van der Waals surface area contributed by atoms with Crippen molar-refractivity contribution < 1.29 is 19.0 Å². The lowest BCUT2D eigenvalue weighted by Crippen LogP contribution is -2.25. The molecule has 31 heavy (non-hydrogen) atoms. The number of halogens is 1. The summed E-state index contributed by atoms with van der Waals surface area (Å²) in [5, 5.41) is 18.2. The van der Waals surface area contributed by atoms with Gasteiger partial charge in [0.15, 0.2) is 17.4 Å². The summed E-state index contributed by atoms with van der Waals surface area (Å²) in [5.41, 5.74) is 10.8. The number of rotatable bonds is 4. The Labute approximate surface area is 178 Å². The third-order valence-electron chi connectivity index (χ3n) is 5.41. The van der Waals surface area contributed by atoms with Crippen LogP contribution in [-0.4, -0.2) is 38.9 Å². The van der Waals surface area contributed by atoms with E-state index in [2.05, 4.69) is 9.97 Å². The Kier molecular flexibility index (Phi) is 5.10. The number of nitrogens with zero attached hydrogens (tertiary/aromatic N) is 2. The first-order valence-electron chi connectivity index (χ1n) is 9.73. The van der Waals surface area contributed by atoms with E-state index in [-0.39, 0.29) is 11.5 Å². The number of aromatic hydroxyl groups is 1. The van der Waals surface area contributed by atoms with Gasteiger partial charge in [0.2, 0.25) is 0 Å². The van der Waals surface area contributed by atoms with Gasteiger partial charge in [-0.05, 0) is 41.3 Å². The van der Waals surface area contributed by atoms with Gasteiger partial charge < -0.3 is 20.6 Å². The molecule has 0 aliphatic carbocycles.